The van der Waals surface area contributed by atoms with Crippen LogP contribution in [0.1, 0.15) is 11.4 Å². The molecular weight excluding hydrogens is 563 g/mol. The van der Waals surface area contributed by atoms with Crippen LogP contribution in [0.4, 0.5) is 27.8 Å². The number of halogens is 6. The van der Waals surface area contributed by atoms with Crippen LogP contribution in [0.25, 0.3) is 0 Å². The number of nitrogens with zero attached hydrogens (tertiary/aromatic N) is 4. The number of carbonyl (C=O) groups is 1. The van der Waals surface area contributed by atoms with Gasteiger partial charge in [-0.3, -0.25) is 23.3 Å². The Morgan fingerprint density at radius 2 is 1.89 bits per heavy atom. The van der Waals surface area contributed by atoms with Gasteiger partial charge in [-0.25, -0.2) is 4.98 Å². The van der Waals surface area contributed by atoms with Gasteiger partial charge in [-0.2, -0.15) is 26.7 Å². The molecule has 0 saturated heterocycles. The second kappa shape index (κ2) is 11.8. The first kappa shape index (κ1) is 28.9. The Morgan fingerprint density at radius 1 is 1.16 bits per heavy atom. The van der Waals surface area contributed by atoms with Crippen LogP contribution in [0.2, 0.25) is 5.15 Å². The van der Waals surface area contributed by atoms with Crippen molar-refractivity contribution in [2.45, 2.75) is 30.1 Å². The number of hydrogen-bond acceptors (Lipinski definition) is 7. The summed E-state index contributed by atoms with van der Waals surface area (Å²) in [7, 11) is -2.47. The summed E-state index contributed by atoms with van der Waals surface area (Å²) in [6.07, 6.45) is -1.63. The number of pyridine rings is 2. The van der Waals surface area contributed by atoms with Crippen molar-refractivity contribution < 1.29 is 35.7 Å². The van der Waals surface area contributed by atoms with Gasteiger partial charge in [-0.1, -0.05) is 11.6 Å². The quantitative estimate of drug-likeness (QED) is 0.213. The molecule has 1 amide bonds. The minimum Gasteiger partial charge on any atom is -0.618 e. The lowest BCUT2D eigenvalue weighted by atomic mass is 10.2. The molecule has 3 aromatic heterocycles. The highest BCUT2D eigenvalue weighted by Gasteiger charge is 2.39. The molecule has 10 nitrogen and oxygen atoms in total. The van der Waals surface area contributed by atoms with Crippen LogP contribution in [0.3, 0.4) is 0 Å². The van der Waals surface area contributed by atoms with Crippen LogP contribution < -0.4 is 20.9 Å². The van der Waals surface area contributed by atoms with Crippen LogP contribution in [0.5, 0.6) is 0 Å². The smallest absolute Gasteiger partial charge is 0.400 e. The van der Waals surface area contributed by atoms with E-state index in [0.717, 1.165) is 18.5 Å². The number of hydrogen-bond donors (Lipinski definition) is 2. The molecule has 3 aromatic rings. The predicted octanol–water partition coefficient (Wildman–Crippen LogP) is 2.12. The maximum Gasteiger partial charge on any atom is 0.400 e. The Morgan fingerprint density at radius 3 is 2.58 bits per heavy atom. The first-order valence-electron chi connectivity index (χ1n) is 10.5. The van der Waals surface area contributed by atoms with Crippen molar-refractivity contribution in [1.82, 2.24) is 19.9 Å². The first-order chi connectivity index (χ1) is 17.8. The zero-order valence-electron chi connectivity index (χ0n) is 19.0. The van der Waals surface area contributed by atoms with Gasteiger partial charge >= 0.3 is 12.1 Å². The fourth-order valence-corrected chi connectivity index (χ4v) is 4.36. The number of nitrogens with one attached hydrogen (secondary N) is 2. The van der Waals surface area contributed by atoms with Crippen molar-refractivity contribution in [1.29, 1.82) is 0 Å². The number of alkyl halides is 5. The van der Waals surface area contributed by atoms with Gasteiger partial charge in [0.2, 0.25) is 5.91 Å². The zero-order valence-corrected chi connectivity index (χ0v) is 20.6. The van der Waals surface area contributed by atoms with E-state index in [-0.39, 0.29) is 20.5 Å². The second-order valence-corrected chi connectivity index (χ2v) is 9.43. The summed E-state index contributed by atoms with van der Waals surface area (Å²) in [5.74, 6) is -6.71. The van der Waals surface area contributed by atoms with E-state index in [2.05, 4.69) is 20.6 Å². The molecule has 1 atom stereocenters. The summed E-state index contributed by atoms with van der Waals surface area (Å²) in [4.78, 5) is 32.4. The third-order valence-electron chi connectivity index (χ3n) is 4.83. The summed E-state index contributed by atoms with van der Waals surface area (Å²) in [6.45, 7) is -2.30. The summed E-state index contributed by atoms with van der Waals surface area (Å²) in [5, 5.41) is 15.8. The van der Waals surface area contributed by atoms with E-state index in [1.165, 1.54) is 30.5 Å². The number of rotatable bonds is 10. The van der Waals surface area contributed by atoms with Gasteiger partial charge < -0.3 is 15.8 Å². The third kappa shape index (κ3) is 7.44. The molecule has 0 spiro atoms. The Bertz CT molecular complexity index is 1400. The normalized spacial score (nSPS) is 12.7. The fraction of sp³-hybridized carbons (Fsp3) is 0.286. The third-order valence-corrected chi connectivity index (χ3v) is 6.58. The van der Waals surface area contributed by atoms with Gasteiger partial charge in [-0.05, 0) is 18.2 Å². The molecular formula is C21H18ClF5N6O4S. The SMILES string of the molecule is O=C(Cn1c(Cl)cnc(NCC(F)(F)c2cccc[n+]2[O-])c1=O)NCc1ncccc1S(=O)CC(F)(F)F. The average molecular weight is 581 g/mol. The van der Waals surface area contributed by atoms with Crippen molar-refractivity contribution in [3.8, 4) is 0 Å². The molecule has 17 heteroatoms. The molecule has 0 aromatic carbocycles. The molecule has 1 unspecified atom stereocenters. The van der Waals surface area contributed by atoms with E-state index in [1.807, 2.05) is 0 Å². The van der Waals surface area contributed by atoms with E-state index in [9.17, 15) is 41.0 Å². The Hall–Kier alpha value is -3.66. The minimum atomic E-state index is -4.69. The van der Waals surface area contributed by atoms with E-state index in [0.29, 0.717) is 4.57 Å². The van der Waals surface area contributed by atoms with Crippen molar-refractivity contribution in [2.75, 3.05) is 17.6 Å². The fourth-order valence-electron chi connectivity index (χ4n) is 3.10. The predicted molar refractivity (Wildman–Crippen MR) is 125 cm³/mol. The molecule has 3 heterocycles. The molecule has 204 valence electrons. The number of carbonyl (C=O) groups excluding carboxylic acids is 1. The molecule has 0 aliphatic rings. The molecule has 0 bridgehead atoms. The van der Waals surface area contributed by atoms with Crippen molar-refractivity contribution >= 4 is 34.1 Å². The minimum absolute atomic E-state index is 0.0225. The number of aromatic nitrogens is 4. The van der Waals surface area contributed by atoms with Crippen LogP contribution in [-0.2, 0) is 34.6 Å². The summed E-state index contributed by atoms with van der Waals surface area (Å²) in [5.41, 5.74) is -1.99. The molecule has 3 rings (SSSR count). The summed E-state index contributed by atoms with van der Waals surface area (Å²) < 4.78 is 79.5. The van der Waals surface area contributed by atoms with E-state index >= 15 is 0 Å². The van der Waals surface area contributed by atoms with Gasteiger partial charge in [0.1, 0.15) is 17.5 Å². The first-order valence-corrected chi connectivity index (χ1v) is 12.2. The Balaban J connectivity index is 1.69. The molecule has 0 saturated carbocycles. The van der Waals surface area contributed by atoms with E-state index in [4.69, 9.17) is 11.6 Å². The lowest BCUT2D eigenvalue weighted by Gasteiger charge is -2.17. The highest BCUT2D eigenvalue weighted by atomic mass is 35.5. The Labute approximate surface area is 218 Å². The summed E-state index contributed by atoms with van der Waals surface area (Å²) >= 11 is 5.94. The standard InChI is InChI=1S/C21H18ClF5N6O4S/c22-16-9-30-18(31-11-20(23,24)15-5-1-2-7-33(15)36)19(35)32(16)10-17(34)29-8-13-14(4-3-6-28-13)38(37)12-21(25,26)27/h1-7,9H,8,10-12H2,(H,29,34)(H,30,31). The van der Waals surface area contributed by atoms with Gasteiger partial charge in [0, 0.05) is 18.3 Å². The number of anilines is 1. The molecule has 38 heavy (non-hydrogen) atoms. The largest absolute Gasteiger partial charge is 0.618 e. The zero-order chi connectivity index (χ0) is 28.1. The van der Waals surface area contributed by atoms with Crippen molar-refractivity contribution in [3.05, 3.63) is 81.0 Å². The lowest BCUT2D eigenvalue weighted by Crippen LogP contribution is -2.41. The topological polar surface area (TPSA) is 133 Å². The Kier molecular flexibility index (Phi) is 8.98. The van der Waals surface area contributed by atoms with Gasteiger partial charge in [-0.15, -0.1) is 0 Å². The summed E-state index contributed by atoms with van der Waals surface area (Å²) in [6, 6.07) is 5.89. The van der Waals surface area contributed by atoms with Crippen molar-refractivity contribution in [3.63, 3.8) is 0 Å². The van der Waals surface area contributed by atoms with E-state index < -0.39 is 71.3 Å². The highest BCUT2D eigenvalue weighted by Crippen LogP contribution is 2.25. The number of amides is 1. The molecule has 0 radical (unpaired) electrons. The molecule has 0 fully saturated rings. The van der Waals surface area contributed by atoms with Crippen LogP contribution in [-0.4, -0.2) is 43.1 Å². The highest BCUT2D eigenvalue weighted by molar-refractivity contribution is 7.85. The molecule has 2 N–H and O–H groups in total. The maximum absolute atomic E-state index is 14.5. The second-order valence-electron chi connectivity index (χ2n) is 7.62. The molecule has 0 aliphatic carbocycles. The molecule has 0 aliphatic heterocycles. The maximum atomic E-state index is 14.5. The average Bonchev–Trinajstić information content (AvgIpc) is 2.84. The van der Waals surface area contributed by atoms with E-state index in [1.54, 1.807) is 0 Å². The monoisotopic (exact) mass is 580 g/mol. The van der Waals surface area contributed by atoms with Crippen LogP contribution in [0.15, 0.2) is 58.6 Å². The van der Waals surface area contributed by atoms with Crippen LogP contribution in [0, 0.1) is 5.21 Å². The van der Waals surface area contributed by atoms with Crippen molar-refractivity contribution in [2.24, 2.45) is 0 Å². The van der Waals surface area contributed by atoms with Gasteiger partial charge in [0.15, 0.2) is 12.0 Å². The van der Waals surface area contributed by atoms with Gasteiger partial charge in [0.25, 0.3) is 11.3 Å². The van der Waals surface area contributed by atoms with Gasteiger partial charge in [0.05, 0.1) is 40.7 Å². The van der Waals surface area contributed by atoms with Crippen LogP contribution >= 0.6 is 11.6 Å². The lowest BCUT2D eigenvalue weighted by molar-refractivity contribution is -0.624.